The highest BCUT2D eigenvalue weighted by Crippen LogP contribution is 2.25. The summed E-state index contributed by atoms with van der Waals surface area (Å²) in [7, 11) is 1.29. The van der Waals surface area contributed by atoms with Crippen molar-refractivity contribution >= 4 is 35.0 Å². The zero-order chi connectivity index (χ0) is 19.4. The van der Waals surface area contributed by atoms with Crippen LogP contribution in [-0.4, -0.2) is 42.0 Å². The van der Waals surface area contributed by atoms with E-state index < -0.39 is 11.9 Å². The Hall–Kier alpha value is -2.67. The van der Waals surface area contributed by atoms with Crippen LogP contribution in [-0.2, 0) is 4.74 Å². The van der Waals surface area contributed by atoms with E-state index in [1.807, 2.05) is 0 Å². The summed E-state index contributed by atoms with van der Waals surface area (Å²) in [5, 5.41) is 3.03. The van der Waals surface area contributed by atoms with E-state index >= 15 is 0 Å². The molecule has 27 heavy (non-hydrogen) atoms. The van der Waals surface area contributed by atoms with E-state index in [-0.39, 0.29) is 5.69 Å². The molecule has 0 bridgehead atoms. The third-order valence-corrected chi connectivity index (χ3v) is 4.70. The summed E-state index contributed by atoms with van der Waals surface area (Å²) in [6, 6.07) is 6.23. The predicted octanol–water partition coefficient (Wildman–Crippen LogP) is 3.47. The maximum atomic E-state index is 12.7. The van der Waals surface area contributed by atoms with Gasteiger partial charge in [-0.3, -0.25) is 4.79 Å². The molecule has 8 heteroatoms. The first-order chi connectivity index (χ1) is 13.0. The first-order valence-corrected chi connectivity index (χ1v) is 9.15. The third kappa shape index (κ3) is 4.54. The fourth-order valence-electron chi connectivity index (χ4n) is 3.01. The molecule has 1 fully saturated rings. The van der Waals surface area contributed by atoms with Crippen molar-refractivity contribution in [1.82, 2.24) is 9.97 Å². The number of esters is 1. The first kappa shape index (κ1) is 19.1. The Balaban J connectivity index is 1.84. The van der Waals surface area contributed by atoms with Crippen molar-refractivity contribution in [2.75, 3.05) is 30.4 Å². The van der Waals surface area contributed by atoms with Crippen LogP contribution in [0.5, 0.6) is 0 Å². The van der Waals surface area contributed by atoms with Gasteiger partial charge in [0.1, 0.15) is 17.3 Å². The molecule has 0 unspecified atom stereocenters. The highest BCUT2D eigenvalue weighted by Gasteiger charge is 2.18. The fraction of sp³-hybridized carbons (Fsp3) is 0.368. The third-order valence-electron chi connectivity index (χ3n) is 4.37. The van der Waals surface area contributed by atoms with Gasteiger partial charge in [0.05, 0.1) is 23.4 Å². The minimum atomic E-state index is -0.507. The average Bonchev–Trinajstić information content (AvgIpc) is 2.69. The number of carbonyl (C=O) groups is 2. The van der Waals surface area contributed by atoms with Gasteiger partial charge in [0.15, 0.2) is 0 Å². The smallest absolute Gasteiger partial charge is 0.337 e. The van der Waals surface area contributed by atoms with Crippen LogP contribution < -0.4 is 10.2 Å². The molecule has 7 nitrogen and oxygen atoms in total. The zero-order valence-corrected chi connectivity index (χ0v) is 16.0. The molecule has 2 aromatic rings. The summed E-state index contributed by atoms with van der Waals surface area (Å²) < 4.78 is 4.70. The van der Waals surface area contributed by atoms with Gasteiger partial charge in [-0.1, -0.05) is 11.6 Å². The standard InChI is InChI=1S/C19H21ClN4O3/c1-12-21-16(11-17(22-12)24-8-4-3-5-9-24)18(25)23-15-10-13(19(26)27-2)6-7-14(15)20/h6-7,10-11H,3-5,8-9H2,1-2H3,(H,23,25). The van der Waals surface area contributed by atoms with Crippen molar-refractivity contribution in [1.29, 1.82) is 0 Å². The zero-order valence-electron chi connectivity index (χ0n) is 15.3. The lowest BCUT2D eigenvalue weighted by atomic mass is 10.1. The van der Waals surface area contributed by atoms with E-state index in [0.29, 0.717) is 22.1 Å². The Morgan fingerprint density at radius 3 is 2.59 bits per heavy atom. The summed E-state index contributed by atoms with van der Waals surface area (Å²) in [5.74, 6) is 0.356. The second-order valence-corrected chi connectivity index (χ2v) is 6.75. The summed E-state index contributed by atoms with van der Waals surface area (Å²) in [4.78, 5) is 35.3. The van der Waals surface area contributed by atoms with Crippen LogP contribution in [0.25, 0.3) is 0 Å². The molecule has 0 aliphatic carbocycles. The largest absolute Gasteiger partial charge is 0.465 e. The number of ether oxygens (including phenoxy) is 1. The minimum Gasteiger partial charge on any atom is -0.465 e. The molecule has 1 aliphatic rings. The number of hydrogen-bond donors (Lipinski definition) is 1. The number of nitrogens with one attached hydrogen (secondary N) is 1. The Kier molecular flexibility index (Phi) is 5.91. The van der Waals surface area contributed by atoms with Gasteiger partial charge in [0, 0.05) is 19.2 Å². The molecule has 1 saturated heterocycles. The number of methoxy groups -OCH3 is 1. The van der Waals surface area contributed by atoms with E-state index in [0.717, 1.165) is 31.7 Å². The maximum absolute atomic E-state index is 12.7. The van der Waals surface area contributed by atoms with Gasteiger partial charge in [-0.2, -0.15) is 0 Å². The molecule has 142 valence electrons. The number of aromatic nitrogens is 2. The van der Waals surface area contributed by atoms with Crippen LogP contribution in [0.3, 0.4) is 0 Å². The van der Waals surface area contributed by atoms with Gasteiger partial charge >= 0.3 is 5.97 Å². The summed E-state index contributed by atoms with van der Waals surface area (Å²) in [6.45, 7) is 3.60. The molecular weight excluding hydrogens is 368 g/mol. The monoisotopic (exact) mass is 388 g/mol. The normalized spacial score (nSPS) is 14.0. The van der Waals surface area contributed by atoms with Crippen LogP contribution in [0.4, 0.5) is 11.5 Å². The average molecular weight is 389 g/mol. The number of carbonyl (C=O) groups excluding carboxylic acids is 2. The van der Waals surface area contributed by atoms with Crippen LogP contribution in [0, 0.1) is 6.92 Å². The summed E-state index contributed by atoms with van der Waals surface area (Å²) in [6.07, 6.45) is 3.43. The Bertz CT molecular complexity index is 866. The lowest BCUT2D eigenvalue weighted by molar-refractivity contribution is 0.0600. The number of benzene rings is 1. The molecule has 0 atom stereocenters. The molecule has 1 N–H and O–H groups in total. The molecular formula is C19H21ClN4O3. The van der Waals surface area contributed by atoms with Crippen molar-refractivity contribution < 1.29 is 14.3 Å². The molecule has 3 rings (SSSR count). The van der Waals surface area contributed by atoms with E-state index in [4.69, 9.17) is 16.3 Å². The second-order valence-electron chi connectivity index (χ2n) is 6.35. The molecule has 1 aliphatic heterocycles. The molecule has 1 aromatic carbocycles. The minimum absolute atomic E-state index is 0.252. The lowest BCUT2D eigenvalue weighted by Gasteiger charge is -2.28. The van der Waals surface area contributed by atoms with E-state index in [2.05, 4.69) is 20.2 Å². The number of hydrogen-bond acceptors (Lipinski definition) is 6. The number of piperidine rings is 1. The van der Waals surface area contributed by atoms with E-state index in [9.17, 15) is 9.59 Å². The first-order valence-electron chi connectivity index (χ1n) is 8.78. The van der Waals surface area contributed by atoms with Crippen LogP contribution in [0.1, 0.15) is 45.9 Å². The van der Waals surface area contributed by atoms with Crippen LogP contribution >= 0.6 is 11.6 Å². The molecule has 2 heterocycles. The lowest BCUT2D eigenvalue weighted by Crippen LogP contribution is -2.31. The maximum Gasteiger partial charge on any atom is 0.337 e. The Morgan fingerprint density at radius 1 is 1.15 bits per heavy atom. The van der Waals surface area contributed by atoms with E-state index in [1.54, 1.807) is 13.0 Å². The number of anilines is 2. The summed E-state index contributed by atoms with van der Waals surface area (Å²) in [5.41, 5.74) is 0.869. The molecule has 0 radical (unpaired) electrons. The number of halogens is 1. The topological polar surface area (TPSA) is 84.4 Å². The fourth-order valence-corrected chi connectivity index (χ4v) is 3.17. The second kappa shape index (κ2) is 8.35. The van der Waals surface area contributed by atoms with Gasteiger partial charge in [-0.15, -0.1) is 0 Å². The van der Waals surface area contributed by atoms with Crippen molar-refractivity contribution in [2.24, 2.45) is 0 Å². The van der Waals surface area contributed by atoms with Gasteiger partial charge in [0.25, 0.3) is 5.91 Å². The highest BCUT2D eigenvalue weighted by molar-refractivity contribution is 6.34. The van der Waals surface area contributed by atoms with Crippen LogP contribution in [0.2, 0.25) is 5.02 Å². The van der Waals surface area contributed by atoms with Crippen molar-refractivity contribution in [3.05, 3.63) is 46.4 Å². The SMILES string of the molecule is COC(=O)c1ccc(Cl)c(NC(=O)c2cc(N3CCCCC3)nc(C)n2)c1. The number of amides is 1. The Morgan fingerprint density at radius 2 is 1.89 bits per heavy atom. The molecule has 0 spiro atoms. The molecule has 1 aromatic heterocycles. The number of aryl methyl sites for hydroxylation is 1. The quantitative estimate of drug-likeness (QED) is 0.807. The van der Waals surface area contributed by atoms with Crippen molar-refractivity contribution in [3.63, 3.8) is 0 Å². The summed E-state index contributed by atoms with van der Waals surface area (Å²) >= 11 is 6.15. The van der Waals surface area contributed by atoms with Gasteiger partial charge in [-0.25, -0.2) is 14.8 Å². The highest BCUT2D eigenvalue weighted by atomic mass is 35.5. The van der Waals surface area contributed by atoms with Gasteiger partial charge < -0.3 is 15.0 Å². The predicted molar refractivity (Wildman–Crippen MR) is 104 cm³/mol. The van der Waals surface area contributed by atoms with Gasteiger partial charge in [-0.05, 0) is 44.4 Å². The molecule has 0 saturated carbocycles. The molecule has 1 amide bonds. The van der Waals surface area contributed by atoms with Crippen molar-refractivity contribution in [3.8, 4) is 0 Å². The number of rotatable bonds is 4. The van der Waals surface area contributed by atoms with Crippen LogP contribution in [0.15, 0.2) is 24.3 Å². The van der Waals surface area contributed by atoms with Gasteiger partial charge in [0.2, 0.25) is 0 Å². The number of nitrogens with zero attached hydrogens (tertiary/aromatic N) is 3. The Labute approximate surface area is 162 Å². The van der Waals surface area contributed by atoms with Crippen molar-refractivity contribution in [2.45, 2.75) is 26.2 Å². The van der Waals surface area contributed by atoms with E-state index in [1.165, 1.54) is 31.7 Å².